The van der Waals surface area contributed by atoms with E-state index >= 15 is 0 Å². The van der Waals surface area contributed by atoms with E-state index < -0.39 is 0 Å². The number of hydrogen-bond acceptors (Lipinski definition) is 6. The smallest absolute Gasteiger partial charge is 0.247 e. The molecule has 0 aliphatic carbocycles. The second-order valence-corrected chi connectivity index (χ2v) is 7.17. The SMILES string of the molecule is COc1cc(OC)c(OC)cc1/C=C/C(=O)N(Cc1ccco1)Cc1cccs1. The van der Waals surface area contributed by atoms with Gasteiger partial charge >= 0.3 is 0 Å². The second kappa shape index (κ2) is 9.84. The molecule has 0 N–H and O–H groups in total. The first-order valence-corrected chi connectivity index (χ1v) is 9.84. The highest BCUT2D eigenvalue weighted by Crippen LogP contribution is 2.35. The van der Waals surface area contributed by atoms with Crippen LogP contribution in [-0.4, -0.2) is 32.1 Å². The third-order valence-electron chi connectivity index (χ3n) is 4.31. The summed E-state index contributed by atoms with van der Waals surface area (Å²) < 4.78 is 21.5. The molecule has 152 valence electrons. The van der Waals surface area contributed by atoms with Crippen molar-refractivity contribution >= 4 is 23.3 Å². The van der Waals surface area contributed by atoms with E-state index in [9.17, 15) is 4.79 Å². The lowest BCUT2D eigenvalue weighted by Crippen LogP contribution is -2.28. The molecule has 6 nitrogen and oxygen atoms in total. The molecule has 2 aromatic heterocycles. The Morgan fingerprint density at radius 3 is 2.41 bits per heavy atom. The lowest BCUT2D eigenvalue weighted by atomic mass is 10.1. The molecular weight excluding hydrogens is 390 g/mol. The molecule has 1 amide bonds. The highest BCUT2D eigenvalue weighted by molar-refractivity contribution is 7.09. The lowest BCUT2D eigenvalue weighted by molar-refractivity contribution is -0.127. The molecule has 0 saturated heterocycles. The standard InChI is InChI=1S/C22H23NO5S/c1-25-19-13-21(27-3)20(26-2)12-16(19)8-9-22(24)23(14-17-6-4-10-28-17)15-18-7-5-11-29-18/h4-13H,14-15H2,1-3H3/b9-8+. The number of hydrogen-bond donors (Lipinski definition) is 0. The summed E-state index contributed by atoms with van der Waals surface area (Å²) in [4.78, 5) is 15.8. The van der Waals surface area contributed by atoms with Gasteiger partial charge in [0.05, 0.1) is 40.7 Å². The first-order valence-electron chi connectivity index (χ1n) is 8.96. The zero-order chi connectivity index (χ0) is 20.6. The normalized spacial score (nSPS) is 10.9. The van der Waals surface area contributed by atoms with Crippen LogP contribution in [0.4, 0.5) is 0 Å². The zero-order valence-electron chi connectivity index (χ0n) is 16.6. The van der Waals surface area contributed by atoms with Crippen molar-refractivity contribution in [3.63, 3.8) is 0 Å². The minimum absolute atomic E-state index is 0.133. The van der Waals surface area contributed by atoms with Gasteiger partial charge in [-0.1, -0.05) is 6.07 Å². The van der Waals surface area contributed by atoms with Crippen LogP contribution in [0.3, 0.4) is 0 Å². The van der Waals surface area contributed by atoms with Gasteiger partial charge in [0.2, 0.25) is 5.91 Å². The number of amides is 1. The molecule has 0 radical (unpaired) electrons. The second-order valence-electron chi connectivity index (χ2n) is 6.14. The van der Waals surface area contributed by atoms with E-state index in [1.54, 1.807) is 62.0 Å². The van der Waals surface area contributed by atoms with E-state index in [-0.39, 0.29) is 5.91 Å². The minimum atomic E-state index is -0.133. The molecule has 0 fully saturated rings. The third-order valence-corrected chi connectivity index (χ3v) is 5.17. The molecular formula is C22H23NO5S. The Bertz CT molecular complexity index is 912. The topological polar surface area (TPSA) is 61.1 Å². The predicted molar refractivity (Wildman–Crippen MR) is 112 cm³/mol. The fourth-order valence-electron chi connectivity index (χ4n) is 2.84. The number of rotatable bonds is 9. The van der Waals surface area contributed by atoms with Crippen molar-refractivity contribution in [2.75, 3.05) is 21.3 Å². The van der Waals surface area contributed by atoms with E-state index in [1.165, 1.54) is 6.08 Å². The summed E-state index contributed by atoms with van der Waals surface area (Å²) in [6.45, 7) is 0.891. The Morgan fingerprint density at radius 2 is 1.79 bits per heavy atom. The van der Waals surface area contributed by atoms with Crippen LogP contribution in [0.2, 0.25) is 0 Å². The van der Waals surface area contributed by atoms with E-state index in [0.29, 0.717) is 35.9 Å². The maximum atomic E-state index is 13.0. The highest BCUT2D eigenvalue weighted by atomic mass is 32.1. The van der Waals surface area contributed by atoms with Gasteiger partial charge in [0.25, 0.3) is 0 Å². The highest BCUT2D eigenvalue weighted by Gasteiger charge is 2.15. The number of nitrogens with zero attached hydrogens (tertiary/aromatic N) is 1. The van der Waals surface area contributed by atoms with Crippen LogP contribution in [-0.2, 0) is 17.9 Å². The predicted octanol–water partition coefficient (Wildman–Crippen LogP) is 4.61. The first kappa shape index (κ1) is 20.5. The Balaban J connectivity index is 1.83. The van der Waals surface area contributed by atoms with Gasteiger partial charge in [0, 0.05) is 22.6 Å². The summed E-state index contributed by atoms with van der Waals surface area (Å²) in [5.74, 6) is 2.30. The van der Waals surface area contributed by atoms with E-state index in [2.05, 4.69) is 0 Å². The van der Waals surface area contributed by atoms with E-state index in [0.717, 1.165) is 10.6 Å². The van der Waals surface area contributed by atoms with Gasteiger partial charge in [-0.2, -0.15) is 0 Å². The Morgan fingerprint density at radius 1 is 1.03 bits per heavy atom. The van der Waals surface area contributed by atoms with Gasteiger partial charge in [0.1, 0.15) is 11.5 Å². The van der Waals surface area contributed by atoms with Crippen LogP contribution in [0.5, 0.6) is 17.2 Å². The van der Waals surface area contributed by atoms with Crippen molar-refractivity contribution in [2.24, 2.45) is 0 Å². The van der Waals surface area contributed by atoms with Gasteiger partial charge < -0.3 is 23.5 Å². The number of ether oxygens (including phenoxy) is 3. The average Bonchev–Trinajstić information content (AvgIpc) is 3.45. The van der Waals surface area contributed by atoms with Crippen molar-refractivity contribution < 1.29 is 23.4 Å². The van der Waals surface area contributed by atoms with Crippen LogP contribution in [0.1, 0.15) is 16.2 Å². The molecule has 0 unspecified atom stereocenters. The molecule has 7 heteroatoms. The summed E-state index contributed by atoms with van der Waals surface area (Å²) >= 11 is 1.61. The van der Waals surface area contributed by atoms with Crippen molar-refractivity contribution in [1.29, 1.82) is 0 Å². The lowest BCUT2D eigenvalue weighted by Gasteiger charge is -2.19. The third kappa shape index (κ3) is 5.20. The van der Waals surface area contributed by atoms with Gasteiger partial charge in [-0.15, -0.1) is 11.3 Å². The largest absolute Gasteiger partial charge is 0.496 e. The van der Waals surface area contributed by atoms with E-state index in [4.69, 9.17) is 18.6 Å². The average molecular weight is 413 g/mol. The van der Waals surface area contributed by atoms with Crippen LogP contribution in [0, 0.1) is 0 Å². The van der Waals surface area contributed by atoms with Crippen molar-refractivity contribution in [3.05, 3.63) is 70.3 Å². The van der Waals surface area contributed by atoms with Crippen LogP contribution in [0.25, 0.3) is 6.08 Å². The summed E-state index contributed by atoms with van der Waals surface area (Å²) in [5, 5.41) is 2.00. The van der Waals surface area contributed by atoms with Crippen LogP contribution >= 0.6 is 11.3 Å². The summed E-state index contributed by atoms with van der Waals surface area (Å²) in [7, 11) is 4.70. The monoisotopic (exact) mass is 413 g/mol. The van der Waals surface area contributed by atoms with Gasteiger partial charge in [0.15, 0.2) is 11.5 Å². The molecule has 0 aliphatic heterocycles. The fraction of sp³-hybridized carbons (Fsp3) is 0.227. The molecule has 1 aromatic carbocycles. The Hall–Kier alpha value is -3.19. The summed E-state index contributed by atoms with van der Waals surface area (Å²) in [5.41, 5.74) is 0.715. The molecule has 3 aromatic rings. The number of carbonyl (C=O) groups excluding carboxylic acids is 1. The molecule has 29 heavy (non-hydrogen) atoms. The number of furan rings is 1. The fourth-order valence-corrected chi connectivity index (χ4v) is 3.56. The zero-order valence-corrected chi connectivity index (χ0v) is 17.4. The maximum absolute atomic E-state index is 13.0. The summed E-state index contributed by atoms with van der Waals surface area (Å²) in [6.07, 6.45) is 4.85. The summed E-state index contributed by atoms with van der Waals surface area (Å²) in [6, 6.07) is 11.2. The molecule has 3 rings (SSSR count). The van der Waals surface area contributed by atoms with Gasteiger partial charge in [-0.25, -0.2) is 0 Å². The number of thiophene rings is 1. The van der Waals surface area contributed by atoms with Gasteiger partial charge in [-0.05, 0) is 35.7 Å². The molecule has 0 aliphatic rings. The first-order chi connectivity index (χ1) is 14.1. The Labute approximate surface area is 173 Å². The maximum Gasteiger partial charge on any atom is 0.247 e. The van der Waals surface area contributed by atoms with Crippen LogP contribution < -0.4 is 14.2 Å². The number of carbonyl (C=O) groups is 1. The van der Waals surface area contributed by atoms with E-state index in [1.807, 2.05) is 29.6 Å². The number of benzene rings is 1. The molecule has 0 saturated carbocycles. The molecule has 2 heterocycles. The quantitative estimate of drug-likeness (QED) is 0.480. The Kier molecular flexibility index (Phi) is 6.97. The molecule has 0 bridgehead atoms. The van der Waals surface area contributed by atoms with Crippen LogP contribution in [0.15, 0.2) is 58.5 Å². The van der Waals surface area contributed by atoms with Gasteiger partial charge in [-0.3, -0.25) is 4.79 Å². The minimum Gasteiger partial charge on any atom is -0.496 e. The number of methoxy groups -OCH3 is 3. The molecule has 0 spiro atoms. The van der Waals surface area contributed by atoms with Crippen molar-refractivity contribution in [1.82, 2.24) is 4.90 Å². The van der Waals surface area contributed by atoms with Crippen molar-refractivity contribution in [3.8, 4) is 17.2 Å². The van der Waals surface area contributed by atoms with Crippen molar-refractivity contribution in [2.45, 2.75) is 13.1 Å². The molecule has 0 atom stereocenters.